The van der Waals surface area contributed by atoms with E-state index in [9.17, 15) is 0 Å². The highest BCUT2D eigenvalue weighted by molar-refractivity contribution is 7.09. The first-order valence-corrected chi connectivity index (χ1v) is 4.41. The molecule has 0 aromatic carbocycles. The fourth-order valence-electron chi connectivity index (χ4n) is 1.61. The first kappa shape index (κ1) is 8.45. The molecule has 10 heavy (non-hydrogen) atoms. The molecule has 60 valence electrons. The fourth-order valence-corrected chi connectivity index (χ4v) is 1.83. The molecule has 2 atom stereocenters. The molecular weight excluding hydrogens is 145 g/mol. The second-order valence-corrected chi connectivity index (χ2v) is 3.09. The van der Waals surface area contributed by atoms with E-state index in [0.29, 0.717) is 6.04 Å². The molecule has 3 heteroatoms. The zero-order valence-corrected chi connectivity index (χ0v) is 7.70. The molecule has 2 unspecified atom stereocenters. The predicted molar refractivity (Wildman–Crippen MR) is 45.9 cm³/mol. The van der Waals surface area contributed by atoms with Gasteiger partial charge in [-0.2, -0.15) is 0 Å². The standard InChI is InChI=1S/C7H16NOP/c1-2-8-5-3-4-7(8)6-9-10/h7H,2-6,10H2,1H3. The first-order valence-electron chi connectivity index (χ1n) is 3.94. The lowest BCUT2D eigenvalue weighted by atomic mass is 10.2. The Balaban J connectivity index is 2.27. The van der Waals surface area contributed by atoms with Gasteiger partial charge in [0.2, 0.25) is 0 Å². The predicted octanol–water partition coefficient (Wildman–Crippen LogP) is 1.28. The van der Waals surface area contributed by atoms with Crippen LogP contribution in [0.5, 0.6) is 0 Å². The zero-order valence-electron chi connectivity index (χ0n) is 6.55. The lowest BCUT2D eigenvalue weighted by molar-refractivity contribution is 0.195. The summed E-state index contributed by atoms with van der Waals surface area (Å²) in [6.07, 6.45) is 2.65. The molecule has 0 amide bonds. The van der Waals surface area contributed by atoms with Crippen molar-refractivity contribution < 1.29 is 4.52 Å². The minimum absolute atomic E-state index is 0.683. The third-order valence-corrected chi connectivity index (χ3v) is 2.39. The van der Waals surface area contributed by atoms with Crippen molar-refractivity contribution in [2.24, 2.45) is 0 Å². The van der Waals surface area contributed by atoms with E-state index in [1.165, 1.54) is 25.9 Å². The van der Waals surface area contributed by atoms with Gasteiger partial charge in [-0.3, -0.25) is 4.90 Å². The van der Waals surface area contributed by atoms with Crippen LogP contribution < -0.4 is 0 Å². The Morgan fingerprint density at radius 2 is 2.50 bits per heavy atom. The van der Waals surface area contributed by atoms with Crippen LogP contribution in [0, 0.1) is 0 Å². The minimum Gasteiger partial charge on any atom is -0.364 e. The Morgan fingerprint density at radius 1 is 1.70 bits per heavy atom. The highest BCUT2D eigenvalue weighted by atomic mass is 31.0. The molecule has 0 bridgehead atoms. The Labute approximate surface area is 65.2 Å². The summed E-state index contributed by atoms with van der Waals surface area (Å²) in [5.74, 6) is 0. The van der Waals surface area contributed by atoms with Crippen LogP contribution in [-0.2, 0) is 4.52 Å². The smallest absolute Gasteiger partial charge is 0.0657 e. The molecule has 1 heterocycles. The van der Waals surface area contributed by atoms with E-state index >= 15 is 0 Å². The summed E-state index contributed by atoms with van der Waals surface area (Å²) < 4.78 is 5.03. The van der Waals surface area contributed by atoms with Crippen LogP contribution in [0.1, 0.15) is 19.8 Å². The third kappa shape index (κ3) is 1.91. The Bertz CT molecular complexity index is 99.6. The van der Waals surface area contributed by atoms with Gasteiger partial charge < -0.3 is 4.52 Å². The topological polar surface area (TPSA) is 12.5 Å². The van der Waals surface area contributed by atoms with Crippen LogP contribution >= 0.6 is 9.47 Å². The SMILES string of the molecule is CCN1CCCC1COP. The van der Waals surface area contributed by atoms with Crippen molar-refractivity contribution in [3.05, 3.63) is 0 Å². The van der Waals surface area contributed by atoms with Gasteiger partial charge in [0.05, 0.1) is 6.61 Å². The summed E-state index contributed by atoms with van der Waals surface area (Å²) in [6, 6.07) is 0.683. The highest BCUT2D eigenvalue weighted by Crippen LogP contribution is 2.16. The Morgan fingerprint density at radius 3 is 3.10 bits per heavy atom. The van der Waals surface area contributed by atoms with Crippen molar-refractivity contribution in [3.8, 4) is 0 Å². The van der Waals surface area contributed by atoms with Crippen LogP contribution in [0.3, 0.4) is 0 Å². The molecule has 0 radical (unpaired) electrons. The van der Waals surface area contributed by atoms with Gasteiger partial charge in [0.15, 0.2) is 0 Å². The molecule has 0 spiro atoms. The Hall–Kier alpha value is 0.350. The third-order valence-electron chi connectivity index (χ3n) is 2.19. The van der Waals surface area contributed by atoms with Gasteiger partial charge in [0.25, 0.3) is 0 Å². The number of nitrogens with zero attached hydrogens (tertiary/aromatic N) is 1. The summed E-state index contributed by atoms with van der Waals surface area (Å²) in [6.45, 7) is 5.51. The van der Waals surface area contributed by atoms with Crippen LogP contribution in [0.25, 0.3) is 0 Å². The lowest BCUT2D eigenvalue weighted by Crippen LogP contribution is -2.31. The Kier molecular flexibility index (Phi) is 3.61. The van der Waals surface area contributed by atoms with Gasteiger partial charge in [-0.05, 0) is 25.9 Å². The van der Waals surface area contributed by atoms with Crippen molar-refractivity contribution in [1.29, 1.82) is 0 Å². The normalized spacial score (nSPS) is 27.6. The van der Waals surface area contributed by atoms with Gasteiger partial charge >= 0.3 is 0 Å². The van der Waals surface area contributed by atoms with Gasteiger partial charge in [-0.15, -0.1) is 0 Å². The van der Waals surface area contributed by atoms with Crippen molar-refractivity contribution >= 4 is 9.47 Å². The van der Waals surface area contributed by atoms with E-state index in [1.54, 1.807) is 0 Å². The molecule has 0 aromatic heterocycles. The second kappa shape index (κ2) is 4.27. The molecule has 2 nitrogen and oxygen atoms in total. The molecule has 0 N–H and O–H groups in total. The minimum atomic E-state index is 0.683. The van der Waals surface area contributed by atoms with E-state index in [-0.39, 0.29) is 0 Å². The van der Waals surface area contributed by atoms with Crippen molar-refractivity contribution in [2.45, 2.75) is 25.8 Å². The van der Waals surface area contributed by atoms with E-state index in [0.717, 1.165) is 6.61 Å². The monoisotopic (exact) mass is 161 g/mol. The maximum absolute atomic E-state index is 5.03. The summed E-state index contributed by atoms with van der Waals surface area (Å²) in [4.78, 5) is 2.48. The van der Waals surface area contributed by atoms with E-state index in [2.05, 4.69) is 21.3 Å². The van der Waals surface area contributed by atoms with E-state index in [1.807, 2.05) is 0 Å². The average molecular weight is 161 g/mol. The molecule has 0 aromatic rings. The van der Waals surface area contributed by atoms with E-state index in [4.69, 9.17) is 4.52 Å². The van der Waals surface area contributed by atoms with Crippen LogP contribution in [-0.4, -0.2) is 30.6 Å². The summed E-state index contributed by atoms with van der Waals surface area (Å²) in [5, 5.41) is 0. The molecule has 1 aliphatic heterocycles. The number of hydrogen-bond acceptors (Lipinski definition) is 2. The number of likely N-dealkylation sites (tertiary alicyclic amines) is 1. The molecule has 1 saturated heterocycles. The molecule has 1 aliphatic rings. The second-order valence-electron chi connectivity index (χ2n) is 2.76. The first-order chi connectivity index (χ1) is 4.88. The molecular formula is C7H16NOP. The quantitative estimate of drug-likeness (QED) is 0.578. The summed E-state index contributed by atoms with van der Waals surface area (Å²) >= 11 is 0. The highest BCUT2D eigenvalue weighted by Gasteiger charge is 2.21. The van der Waals surface area contributed by atoms with Gasteiger partial charge in [-0.25, -0.2) is 0 Å². The van der Waals surface area contributed by atoms with Gasteiger partial charge in [0.1, 0.15) is 0 Å². The van der Waals surface area contributed by atoms with Crippen LogP contribution in [0.4, 0.5) is 0 Å². The van der Waals surface area contributed by atoms with Gasteiger partial charge in [-0.1, -0.05) is 6.92 Å². The molecule has 0 saturated carbocycles. The van der Waals surface area contributed by atoms with Crippen molar-refractivity contribution in [1.82, 2.24) is 4.90 Å². The average Bonchev–Trinajstić information content (AvgIpc) is 2.36. The largest absolute Gasteiger partial charge is 0.364 e. The maximum atomic E-state index is 5.03. The molecule has 1 rings (SSSR count). The van der Waals surface area contributed by atoms with Crippen molar-refractivity contribution in [3.63, 3.8) is 0 Å². The van der Waals surface area contributed by atoms with Gasteiger partial charge in [0, 0.05) is 15.5 Å². The molecule has 1 fully saturated rings. The molecule has 0 aliphatic carbocycles. The lowest BCUT2D eigenvalue weighted by Gasteiger charge is -2.21. The van der Waals surface area contributed by atoms with Crippen LogP contribution in [0.15, 0.2) is 0 Å². The summed E-state index contributed by atoms with van der Waals surface area (Å²) in [5.41, 5.74) is 0. The van der Waals surface area contributed by atoms with E-state index < -0.39 is 0 Å². The number of hydrogen-bond donors (Lipinski definition) is 0. The summed E-state index contributed by atoms with van der Waals surface area (Å²) in [7, 11) is 2.32. The number of likely N-dealkylation sites (N-methyl/N-ethyl adjacent to an activating group) is 1. The fraction of sp³-hybridized carbons (Fsp3) is 1.00. The van der Waals surface area contributed by atoms with Crippen molar-refractivity contribution in [2.75, 3.05) is 19.7 Å². The number of rotatable bonds is 3. The zero-order chi connectivity index (χ0) is 7.40. The van der Waals surface area contributed by atoms with Crippen LogP contribution in [0.2, 0.25) is 0 Å². The maximum Gasteiger partial charge on any atom is 0.0657 e.